The molecule has 0 spiro atoms. The van der Waals surface area contributed by atoms with Crippen molar-refractivity contribution in [2.24, 2.45) is 0 Å². The average molecular weight is 228 g/mol. The lowest BCUT2D eigenvalue weighted by Crippen LogP contribution is -2.05. The van der Waals surface area contributed by atoms with Gasteiger partial charge in [-0.15, -0.1) is 0 Å². The molecule has 1 aromatic rings. The molecule has 1 rings (SSSR count). The van der Waals surface area contributed by atoms with Gasteiger partial charge in [0.15, 0.2) is 0 Å². The molecule has 0 radical (unpaired) electrons. The van der Waals surface area contributed by atoms with E-state index in [2.05, 4.69) is 11.1 Å². The second-order valence-electron chi connectivity index (χ2n) is 3.25. The fraction of sp³-hybridized carbons (Fsp3) is 0.455. The predicted octanol–water partition coefficient (Wildman–Crippen LogP) is 2.36. The van der Waals surface area contributed by atoms with Gasteiger partial charge in [-0.25, -0.2) is 0 Å². The van der Waals surface area contributed by atoms with Crippen LogP contribution in [0.3, 0.4) is 0 Å². The van der Waals surface area contributed by atoms with Crippen LogP contribution in [0.15, 0.2) is 29.2 Å². The SMILES string of the molecule is CCCc1ccc(S(=O)(=O)OCC)cc1. The van der Waals surface area contributed by atoms with Crippen molar-refractivity contribution < 1.29 is 12.6 Å². The van der Waals surface area contributed by atoms with Crippen molar-refractivity contribution in [1.82, 2.24) is 0 Å². The molecule has 0 saturated carbocycles. The zero-order chi connectivity index (χ0) is 11.3. The lowest BCUT2D eigenvalue weighted by Gasteiger charge is -2.04. The van der Waals surface area contributed by atoms with E-state index >= 15 is 0 Å². The highest BCUT2D eigenvalue weighted by molar-refractivity contribution is 7.86. The molecule has 0 bridgehead atoms. The fourth-order valence-electron chi connectivity index (χ4n) is 1.33. The molecule has 0 fully saturated rings. The highest BCUT2D eigenvalue weighted by atomic mass is 32.2. The second-order valence-corrected chi connectivity index (χ2v) is 4.87. The second kappa shape index (κ2) is 5.28. The molecule has 4 heteroatoms. The smallest absolute Gasteiger partial charge is 0.267 e. The monoisotopic (exact) mass is 228 g/mol. The molecule has 0 heterocycles. The number of aryl methyl sites for hydroxylation is 1. The van der Waals surface area contributed by atoms with Crippen LogP contribution in [-0.4, -0.2) is 15.0 Å². The van der Waals surface area contributed by atoms with Gasteiger partial charge in [-0.3, -0.25) is 4.18 Å². The van der Waals surface area contributed by atoms with Crippen LogP contribution in [0.25, 0.3) is 0 Å². The van der Waals surface area contributed by atoms with Gasteiger partial charge >= 0.3 is 0 Å². The Labute approximate surface area is 91.2 Å². The lowest BCUT2D eigenvalue weighted by atomic mass is 10.1. The van der Waals surface area contributed by atoms with E-state index in [1.165, 1.54) is 0 Å². The van der Waals surface area contributed by atoms with Gasteiger partial charge in [-0.1, -0.05) is 25.5 Å². The van der Waals surface area contributed by atoms with Gasteiger partial charge in [-0.2, -0.15) is 8.42 Å². The minimum absolute atomic E-state index is 0.166. The standard InChI is InChI=1S/C11H16O3S/c1-3-5-10-6-8-11(9-7-10)15(12,13)14-4-2/h6-9H,3-5H2,1-2H3. The molecule has 0 aromatic heterocycles. The summed E-state index contributed by atoms with van der Waals surface area (Å²) < 4.78 is 27.6. The first kappa shape index (κ1) is 12.2. The minimum atomic E-state index is -3.54. The van der Waals surface area contributed by atoms with Crippen LogP contribution in [0, 0.1) is 0 Å². The summed E-state index contributed by atoms with van der Waals surface area (Å²) in [6.45, 7) is 3.91. The third-order valence-corrected chi connectivity index (χ3v) is 3.42. The highest BCUT2D eigenvalue weighted by Gasteiger charge is 2.13. The van der Waals surface area contributed by atoms with Crippen LogP contribution in [0.1, 0.15) is 25.8 Å². The topological polar surface area (TPSA) is 43.4 Å². The third-order valence-electron chi connectivity index (χ3n) is 2.02. The summed E-state index contributed by atoms with van der Waals surface area (Å²) in [6, 6.07) is 6.84. The predicted molar refractivity (Wildman–Crippen MR) is 59.2 cm³/mol. The van der Waals surface area contributed by atoms with Gasteiger partial charge in [0, 0.05) is 0 Å². The Morgan fingerprint density at radius 1 is 1.13 bits per heavy atom. The van der Waals surface area contributed by atoms with E-state index in [1.54, 1.807) is 19.1 Å². The van der Waals surface area contributed by atoms with Gasteiger partial charge < -0.3 is 0 Å². The molecule has 0 N–H and O–H groups in total. The molecular weight excluding hydrogens is 212 g/mol. The molecule has 1 aromatic carbocycles. The van der Waals surface area contributed by atoms with Crippen LogP contribution in [-0.2, 0) is 20.7 Å². The van der Waals surface area contributed by atoms with E-state index in [1.807, 2.05) is 12.1 Å². The largest absolute Gasteiger partial charge is 0.296 e. The van der Waals surface area contributed by atoms with E-state index < -0.39 is 10.1 Å². The van der Waals surface area contributed by atoms with E-state index in [4.69, 9.17) is 0 Å². The van der Waals surface area contributed by atoms with Crippen molar-refractivity contribution in [2.45, 2.75) is 31.6 Å². The zero-order valence-corrected chi connectivity index (χ0v) is 9.88. The van der Waals surface area contributed by atoms with Crippen molar-refractivity contribution in [3.8, 4) is 0 Å². The molecule has 0 saturated heterocycles. The summed E-state index contributed by atoms with van der Waals surface area (Å²) in [4.78, 5) is 0.226. The molecule has 15 heavy (non-hydrogen) atoms. The number of hydrogen-bond acceptors (Lipinski definition) is 3. The maximum Gasteiger partial charge on any atom is 0.296 e. The number of rotatable bonds is 5. The Morgan fingerprint density at radius 2 is 1.73 bits per heavy atom. The molecular formula is C11H16O3S. The molecule has 0 aliphatic carbocycles. The van der Waals surface area contributed by atoms with E-state index in [0.29, 0.717) is 0 Å². The molecule has 0 atom stereocenters. The van der Waals surface area contributed by atoms with E-state index in [9.17, 15) is 8.42 Å². The Hall–Kier alpha value is -0.870. The molecule has 0 unspecified atom stereocenters. The van der Waals surface area contributed by atoms with Gasteiger partial charge in [0.05, 0.1) is 11.5 Å². The maximum absolute atomic E-state index is 11.5. The zero-order valence-electron chi connectivity index (χ0n) is 9.06. The van der Waals surface area contributed by atoms with Gasteiger partial charge in [0.2, 0.25) is 0 Å². The van der Waals surface area contributed by atoms with Crippen molar-refractivity contribution in [3.05, 3.63) is 29.8 Å². The Balaban J connectivity index is 2.89. The quantitative estimate of drug-likeness (QED) is 0.727. The fourth-order valence-corrected chi connectivity index (χ4v) is 2.25. The van der Waals surface area contributed by atoms with Crippen LogP contribution >= 0.6 is 0 Å². The Morgan fingerprint density at radius 3 is 2.20 bits per heavy atom. The Bertz CT molecular complexity index is 392. The summed E-state index contributed by atoms with van der Waals surface area (Å²) in [5, 5.41) is 0. The van der Waals surface area contributed by atoms with Crippen LogP contribution in [0.4, 0.5) is 0 Å². The molecule has 0 aliphatic rings. The first-order valence-electron chi connectivity index (χ1n) is 5.08. The van der Waals surface area contributed by atoms with Crippen LogP contribution in [0.5, 0.6) is 0 Å². The summed E-state index contributed by atoms with van der Waals surface area (Å²) >= 11 is 0. The molecule has 84 valence electrons. The summed E-state index contributed by atoms with van der Waals surface area (Å²) in [6.07, 6.45) is 2.02. The molecule has 3 nitrogen and oxygen atoms in total. The molecule has 0 amide bonds. The third kappa shape index (κ3) is 3.32. The Kier molecular flexibility index (Phi) is 4.29. The van der Waals surface area contributed by atoms with Crippen LogP contribution < -0.4 is 0 Å². The van der Waals surface area contributed by atoms with Crippen LogP contribution in [0.2, 0.25) is 0 Å². The van der Waals surface area contributed by atoms with Gasteiger partial charge in [0.25, 0.3) is 10.1 Å². The highest BCUT2D eigenvalue weighted by Crippen LogP contribution is 2.14. The maximum atomic E-state index is 11.5. The van der Waals surface area contributed by atoms with Crippen molar-refractivity contribution in [2.75, 3.05) is 6.61 Å². The average Bonchev–Trinajstić information content (AvgIpc) is 2.19. The van der Waals surface area contributed by atoms with Gasteiger partial charge in [0.1, 0.15) is 0 Å². The molecule has 0 aliphatic heterocycles. The van der Waals surface area contributed by atoms with E-state index in [-0.39, 0.29) is 11.5 Å². The minimum Gasteiger partial charge on any atom is -0.267 e. The number of benzene rings is 1. The number of hydrogen-bond donors (Lipinski definition) is 0. The first-order valence-corrected chi connectivity index (χ1v) is 6.49. The van der Waals surface area contributed by atoms with Crippen molar-refractivity contribution in [1.29, 1.82) is 0 Å². The summed E-state index contributed by atoms with van der Waals surface area (Å²) in [5.41, 5.74) is 1.15. The normalized spacial score (nSPS) is 11.6. The summed E-state index contributed by atoms with van der Waals surface area (Å²) in [5.74, 6) is 0. The van der Waals surface area contributed by atoms with Gasteiger partial charge in [-0.05, 0) is 31.0 Å². The lowest BCUT2D eigenvalue weighted by molar-refractivity contribution is 0.338. The van der Waals surface area contributed by atoms with Crippen molar-refractivity contribution in [3.63, 3.8) is 0 Å². The summed E-state index contributed by atoms with van der Waals surface area (Å²) in [7, 11) is -3.54. The van der Waals surface area contributed by atoms with Crippen molar-refractivity contribution >= 4 is 10.1 Å². The first-order chi connectivity index (χ1) is 7.10. The van der Waals surface area contributed by atoms with E-state index in [0.717, 1.165) is 18.4 Å².